The number of piperidine rings is 1. The van der Waals surface area contributed by atoms with Gasteiger partial charge in [-0.2, -0.15) is 0 Å². The fourth-order valence-corrected chi connectivity index (χ4v) is 4.58. The van der Waals surface area contributed by atoms with Gasteiger partial charge in [0.15, 0.2) is 0 Å². The SMILES string of the molecule is C[C@@H]1C[C@@H](C)CN(C(=O)c2ccc(NS(=O)(=O)c3ccc(F)cc3)cc2)C1. The third-order valence-corrected chi connectivity index (χ3v) is 6.06. The van der Waals surface area contributed by atoms with E-state index in [1.807, 2.05) is 4.90 Å². The first-order chi connectivity index (χ1) is 12.7. The highest BCUT2D eigenvalue weighted by Gasteiger charge is 2.26. The Balaban J connectivity index is 1.71. The number of amides is 1. The lowest BCUT2D eigenvalue weighted by Crippen LogP contribution is -2.42. The Bertz CT molecular complexity index is 901. The van der Waals surface area contributed by atoms with Gasteiger partial charge in [-0.05, 0) is 66.8 Å². The van der Waals surface area contributed by atoms with Crippen LogP contribution >= 0.6 is 0 Å². The van der Waals surface area contributed by atoms with Crippen molar-refractivity contribution >= 4 is 21.6 Å². The summed E-state index contributed by atoms with van der Waals surface area (Å²) in [5.41, 5.74) is 0.872. The number of halogens is 1. The molecule has 0 radical (unpaired) electrons. The van der Waals surface area contributed by atoms with Gasteiger partial charge in [0.05, 0.1) is 4.90 Å². The Morgan fingerprint density at radius 3 is 2.11 bits per heavy atom. The maximum absolute atomic E-state index is 13.0. The molecule has 1 fully saturated rings. The smallest absolute Gasteiger partial charge is 0.261 e. The highest BCUT2D eigenvalue weighted by atomic mass is 32.2. The summed E-state index contributed by atoms with van der Waals surface area (Å²) in [6.07, 6.45) is 1.12. The maximum atomic E-state index is 13.0. The summed E-state index contributed by atoms with van der Waals surface area (Å²) in [7, 11) is -3.81. The van der Waals surface area contributed by atoms with Crippen molar-refractivity contribution < 1.29 is 17.6 Å². The first kappa shape index (κ1) is 19.4. The van der Waals surface area contributed by atoms with Crippen molar-refractivity contribution in [3.63, 3.8) is 0 Å². The normalized spacial score (nSPS) is 20.3. The van der Waals surface area contributed by atoms with E-state index in [2.05, 4.69) is 18.6 Å². The zero-order chi connectivity index (χ0) is 19.6. The lowest BCUT2D eigenvalue weighted by Gasteiger charge is -2.35. The summed E-state index contributed by atoms with van der Waals surface area (Å²) in [6, 6.07) is 11.0. The van der Waals surface area contributed by atoms with Gasteiger partial charge in [0, 0.05) is 24.3 Å². The number of carbonyl (C=O) groups is 1. The molecule has 3 rings (SSSR count). The predicted octanol–water partition coefficient (Wildman–Crippen LogP) is 3.74. The number of carbonyl (C=O) groups excluding carboxylic acids is 1. The van der Waals surface area contributed by atoms with Crippen molar-refractivity contribution in [2.24, 2.45) is 11.8 Å². The van der Waals surface area contributed by atoms with Crippen LogP contribution in [0.15, 0.2) is 53.4 Å². The van der Waals surface area contributed by atoms with E-state index >= 15 is 0 Å². The molecular weight excluding hydrogens is 367 g/mol. The van der Waals surface area contributed by atoms with Crippen LogP contribution in [0.5, 0.6) is 0 Å². The summed E-state index contributed by atoms with van der Waals surface area (Å²) >= 11 is 0. The van der Waals surface area contributed by atoms with Crippen molar-refractivity contribution in [2.45, 2.75) is 25.2 Å². The van der Waals surface area contributed by atoms with Gasteiger partial charge in [-0.3, -0.25) is 9.52 Å². The van der Waals surface area contributed by atoms with Crippen molar-refractivity contribution in [1.82, 2.24) is 4.90 Å². The van der Waals surface area contributed by atoms with Crippen LogP contribution < -0.4 is 4.72 Å². The number of nitrogens with zero attached hydrogens (tertiary/aromatic N) is 1. The molecule has 27 heavy (non-hydrogen) atoms. The van der Waals surface area contributed by atoms with Crippen LogP contribution in [0.25, 0.3) is 0 Å². The Labute approximate surface area is 159 Å². The molecule has 2 atom stereocenters. The molecule has 0 unspecified atom stereocenters. The minimum Gasteiger partial charge on any atom is -0.338 e. The van der Waals surface area contributed by atoms with E-state index in [-0.39, 0.29) is 10.8 Å². The molecule has 5 nitrogen and oxygen atoms in total. The monoisotopic (exact) mass is 390 g/mol. The quantitative estimate of drug-likeness (QED) is 0.865. The molecule has 0 spiro atoms. The minimum absolute atomic E-state index is 0.0275. The van der Waals surface area contributed by atoms with Crippen molar-refractivity contribution in [2.75, 3.05) is 17.8 Å². The molecule has 1 N–H and O–H groups in total. The largest absolute Gasteiger partial charge is 0.338 e. The highest BCUT2D eigenvalue weighted by Crippen LogP contribution is 2.23. The number of anilines is 1. The van der Waals surface area contributed by atoms with E-state index in [1.54, 1.807) is 24.3 Å². The molecule has 7 heteroatoms. The summed E-state index contributed by atoms with van der Waals surface area (Å²) in [5.74, 6) is 0.401. The minimum atomic E-state index is -3.81. The van der Waals surface area contributed by atoms with Gasteiger partial charge in [0.1, 0.15) is 5.82 Å². The first-order valence-electron chi connectivity index (χ1n) is 8.92. The molecule has 0 bridgehead atoms. The van der Waals surface area contributed by atoms with Crippen LogP contribution in [0.2, 0.25) is 0 Å². The van der Waals surface area contributed by atoms with E-state index in [1.165, 1.54) is 12.1 Å². The molecule has 1 saturated heterocycles. The average molecular weight is 390 g/mol. The van der Waals surface area contributed by atoms with Crippen LogP contribution in [0.1, 0.15) is 30.6 Å². The summed E-state index contributed by atoms with van der Waals surface area (Å²) in [4.78, 5) is 14.5. The Hall–Kier alpha value is -2.41. The van der Waals surface area contributed by atoms with Crippen molar-refractivity contribution in [1.29, 1.82) is 0 Å². The van der Waals surface area contributed by atoms with Crippen LogP contribution in [0.3, 0.4) is 0 Å². The number of likely N-dealkylation sites (tertiary alicyclic amines) is 1. The number of hydrogen-bond donors (Lipinski definition) is 1. The average Bonchev–Trinajstić information content (AvgIpc) is 2.61. The van der Waals surface area contributed by atoms with Crippen molar-refractivity contribution in [3.8, 4) is 0 Å². The molecule has 2 aromatic rings. The van der Waals surface area contributed by atoms with Gasteiger partial charge < -0.3 is 4.90 Å². The van der Waals surface area contributed by atoms with E-state index in [9.17, 15) is 17.6 Å². The van der Waals surface area contributed by atoms with Crippen LogP contribution in [0, 0.1) is 17.7 Å². The molecule has 0 aliphatic carbocycles. The Morgan fingerprint density at radius 1 is 1.00 bits per heavy atom. The Morgan fingerprint density at radius 2 is 1.56 bits per heavy atom. The summed E-state index contributed by atoms with van der Waals surface area (Å²) in [5, 5.41) is 0. The number of nitrogens with one attached hydrogen (secondary N) is 1. The molecule has 1 aliphatic heterocycles. The molecule has 144 valence electrons. The van der Waals surface area contributed by atoms with Crippen LogP contribution in [0.4, 0.5) is 10.1 Å². The molecule has 0 saturated carbocycles. The first-order valence-corrected chi connectivity index (χ1v) is 10.4. The standard InChI is InChI=1S/C20H23FN2O3S/c1-14-11-15(2)13-23(12-14)20(24)16-3-7-18(8-4-16)22-27(25,26)19-9-5-17(21)6-10-19/h3-10,14-15,22H,11-13H2,1-2H3/t14-,15-/m1/s1. The number of hydrogen-bond acceptors (Lipinski definition) is 3. The second kappa shape index (κ2) is 7.68. The second-order valence-electron chi connectivity index (χ2n) is 7.29. The van der Waals surface area contributed by atoms with Gasteiger partial charge in [0.25, 0.3) is 15.9 Å². The fourth-order valence-electron chi connectivity index (χ4n) is 3.52. The number of rotatable bonds is 4. The lowest BCUT2D eigenvalue weighted by molar-refractivity contribution is 0.0623. The van der Waals surface area contributed by atoms with Crippen molar-refractivity contribution in [3.05, 3.63) is 59.9 Å². The second-order valence-corrected chi connectivity index (χ2v) is 8.98. The number of benzene rings is 2. The molecule has 1 heterocycles. The summed E-state index contributed by atoms with van der Waals surface area (Å²) < 4.78 is 40.1. The van der Waals surface area contributed by atoms with E-state index < -0.39 is 15.8 Å². The van der Waals surface area contributed by atoms with Crippen LogP contribution in [-0.4, -0.2) is 32.3 Å². The predicted molar refractivity (Wildman–Crippen MR) is 102 cm³/mol. The third kappa shape index (κ3) is 4.66. The van der Waals surface area contributed by atoms with Gasteiger partial charge in [-0.1, -0.05) is 13.8 Å². The van der Waals surface area contributed by atoms with Gasteiger partial charge in [-0.25, -0.2) is 12.8 Å². The number of sulfonamides is 1. The molecule has 1 aliphatic rings. The summed E-state index contributed by atoms with van der Waals surface area (Å²) in [6.45, 7) is 5.76. The fraction of sp³-hybridized carbons (Fsp3) is 0.350. The topological polar surface area (TPSA) is 66.5 Å². The molecule has 0 aromatic heterocycles. The van der Waals surface area contributed by atoms with E-state index in [0.717, 1.165) is 31.6 Å². The third-order valence-electron chi connectivity index (χ3n) is 4.66. The Kier molecular flexibility index (Phi) is 5.51. The maximum Gasteiger partial charge on any atom is 0.261 e. The highest BCUT2D eigenvalue weighted by molar-refractivity contribution is 7.92. The van der Waals surface area contributed by atoms with Gasteiger partial charge in [0.2, 0.25) is 0 Å². The van der Waals surface area contributed by atoms with Crippen LogP contribution in [-0.2, 0) is 10.0 Å². The molecule has 1 amide bonds. The molecule has 2 aromatic carbocycles. The van der Waals surface area contributed by atoms with E-state index in [4.69, 9.17) is 0 Å². The molecular formula is C20H23FN2O3S. The van der Waals surface area contributed by atoms with Gasteiger partial charge in [-0.15, -0.1) is 0 Å². The zero-order valence-electron chi connectivity index (χ0n) is 15.4. The zero-order valence-corrected chi connectivity index (χ0v) is 16.2. The lowest BCUT2D eigenvalue weighted by atomic mass is 9.91. The van der Waals surface area contributed by atoms with E-state index in [0.29, 0.717) is 23.1 Å². The van der Waals surface area contributed by atoms with Gasteiger partial charge >= 0.3 is 0 Å².